The zero-order valence-corrected chi connectivity index (χ0v) is 20.2. The molecule has 1 fully saturated rings. The van der Waals surface area contributed by atoms with Gasteiger partial charge in [0, 0.05) is 41.5 Å². The number of epoxide rings is 1. The molecule has 7 nitrogen and oxygen atoms in total. The van der Waals surface area contributed by atoms with Crippen LogP contribution in [0.15, 0.2) is 59.5 Å². The lowest BCUT2D eigenvalue weighted by Gasteiger charge is -2.21. The number of rotatable bonds is 8. The van der Waals surface area contributed by atoms with E-state index in [2.05, 4.69) is 4.98 Å². The molecule has 3 aromatic heterocycles. The fourth-order valence-corrected chi connectivity index (χ4v) is 5.22. The number of aromatic nitrogens is 2. The van der Waals surface area contributed by atoms with Crippen molar-refractivity contribution < 1.29 is 18.7 Å². The average molecular weight is 494 g/mol. The molecule has 35 heavy (non-hydrogen) atoms. The summed E-state index contributed by atoms with van der Waals surface area (Å²) in [6, 6.07) is 13.5. The minimum Gasteiger partial charge on any atom is -0.496 e. The molecule has 0 spiro atoms. The number of carbonyl (C=O) groups excluding carboxylic acids is 1. The predicted octanol–water partition coefficient (Wildman–Crippen LogP) is 4.24. The van der Waals surface area contributed by atoms with Gasteiger partial charge in [-0.2, -0.15) is 4.39 Å². The van der Waals surface area contributed by atoms with E-state index in [1.807, 2.05) is 18.2 Å². The van der Waals surface area contributed by atoms with Crippen molar-refractivity contribution in [2.45, 2.75) is 19.1 Å². The van der Waals surface area contributed by atoms with Crippen molar-refractivity contribution in [1.82, 2.24) is 14.5 Å². The molecule has 1 amide bonds. The van der Waals surface area contributed by atoms with Crippen LogP contribution in [-0.2, 0) is 18.3 Å². The molecule has 4 aromatic rings. The molecular weight excluding hydrogens is 469 g/mol. The van der Waals surface area contributed by atoms with E-state index in [1.165, 1.54) is 28.0 Å². The molecule has 1 unspecified atom stereocenters. The normalized spacial score (nSPS) is 14.8. The molecule has 0 bridgehead atoms. The third-order valence-corrected chi connectivity index (χ3v) is 7.16. The van der Waals surface area contributed by atoms with Gasteiger partial charge in [0.1, 0.15) is 5.75 Å². The zero-order chi connectivity index (χ0) is 24.5. The quantitative estimate of drug-likeness (QED) is 0.271. The lowest BCUT2D eigenvalue weighted by atomic mass is 10.1. The monoisotopic (exact) mass is 493 g/mol. The van der Waals surface area contributed by atoms with E-state index < -0.39 is 5.95 Å². The topological polar surface area (TPSA) is 77.0 Å². The molecule has 9 heteroatoms. The van der Waals surface area contributed by atoms with Gasteiger partial charge in [0.05, 0.1) is 36.9 Å². The number of fused-ring (bicyclic) bond motifs is 1. The third-order valence-electron chi connectivity index (χ3n) is 6.01. The summed E-state index contributed by atoms with van der Waals surface area (Å²) in [6.07, 6.45) is 2.64. The number of hydrogen-bond donors (Lipinski definition) is 0. The Morgan fingerprint density at radius 1 is 1.29 bits per heavy atom. The van der Waals surface area contributed by atoms with Crippen molar-refractivity contribution in [3.05, 3.63) is 81.6 Å². The molecule has 1 saturated heterocycles. The number of pyridine rings is 2. The van der Waals surface area contributed by atoms with Crippen LogP contribution in [0.4, 0.5) is 4.39 Å². The fraction of sp³-hybridized carbons (Fsp3) is 0.269. The van der Waals surface area contributed by atoms with Crippen molar-refractivity contribution in [3.63, 3.8) is 0 Å². The van der Waals surface area contributed by atoms with Crippen molar-refractivity contribution in [3.8, 4) is 16.9 Å². The molecule has 1 atom stereocenters. The van der Waals surface area contributed by atoms with Crippen molar-refractivity contribution in [1.29, 1.82) is 0 Å². The first-order valence-electron chi connectivity index (χ1n) is 11.2. The highest BCUT2D eigenvalue weighted by Crippen LogP contribution is 2.40. The molecule has 1 aliphatic rings. The maximum atomic E-state index is 13.7. The van der Waals surface area contributed by atoms with Crippen molar-refractivity contribution in [2.24, 2.45) is 7.05 Å². The molecule has 0 saturated carbocycles. The number of nitrogens with zero attached hydrogens (tertiary/aromatic N) is 3. The summed E-state index contributed by atoms with van der Waals surface area (Å²) in [5.41, 5.74) is 2.17. The van der Waals surface area contributed by atoms with Gasteiger partial charge in [-0.3, -0.25) is 9.59 Å². The summed E-state index contributed by atoms with van der Waals surface area (Å²) in [6.45, 7) is 1.37. The Balaban J connectivity index is 1.53. The highest BCUT2D eigenvalue weighted by molar-refractivity contribution is 7.21. The third kappa shape index (κ3) is 4.96. The van der Waals surface area contributed by atoms with Gasteiger partial charge in [0.15, 0.2) is 0 Å². The van der Waals surface area contributed by atoms with Crippen LogP contribution < -0.4 is 10.3 Å². The molecule has 0 N–H and O–H groups in total. The number of methoxy groups -OCH3 is 1. The van der Waals surface area contributed by atoms with Crippen molar-refractivity contribution >= 4 is 27.3 Å². The van der Waals surface area contributed by atoms with Crippen LogP contribution in [0.5, 0.6) is 5.75 Å². The van der Waals surface area contributed by atoms with Crippen LogP contribution in [0, 0.1) is 5.95 Å². The van der Waals surface area contributed by atoms with Crippen LogP contribution in [0.1, 0.15) is 21.8 Å². The first-order chi connectivity index (χ1) is 16.9. The summed E-state index contributed by atoms with van der Waals surface area (Å²) in [5.74, 6) is -0.0751. The van der Waals surface area contributed by atoms with E-state index in [0.717, 1.165) is 21.2 Å². The number of hydrogen-bond acceptors (Lipinski definition) is 6. The van der Waals surface area contributed by atoms with Crippen LogP contribution in [0.3, 0.4) is 0 Å². The van der Waals surface area contributed by atoms with Gasteiger partial charge in [0.2, 0.25) is 11.5 Å². The van der Waals surface area contributed by atoms with E-state index in [1.54, 1.807) is 43.5 Å². The summed E-state index contributed by atoms with van der Waals surface area (Å²) < 4.78 is 27.0. The molecule has 5 rings (SSSR count). The average Bonchev–Trinajstić information content (AvgIpc) is 3.57. The first kappa shape index (κ1) is 23.2. The molecule has 4 heterocycles. The van der Waals surface area contributed by atoms with Gasteiger partial charge < -0.3 is 18.9 Å². The Labute approximate surface area is 205 Å². The Bertz CT molecular complexity index is 1460. The van der Waals surface area contributed by atoms with Crippen molar-refractivity contribution in [2.75, 3.05) is 20.3 Å². The van der Waals surface area contributed by atoms with Gasteiger partial charge in [0.25, 0.3) is 5.91 Å². The number of benzene rings is 1. The molecule has 1 aliphatic heterocycles. The number of aryl methyl sites for hydroxylation is 1. The number of amides is 1. The second kappa shape index (κ2) is 9.59. The second-order valence-corrected chi connectivity index (χ2v) is 9.51. The minimum atomic E-state index is -0.575. The van der Waals surface area contributed by atoms with Crippen LogP contribution >= 0.6 is 11.3 Å². The number of ether oxygens (including phenoxy) is 2. The number of carbonyl (C=O) groups is 1. The summed E-state index contributed by atoms with van der Waals surface area (Å²) >= 11 is 1.37. The highest BCUT2D eigenvalue weighted by atomic mass is 32.1. The van der Waals surface area contributed by atoms with E-state index in [9.17, 15) is 14.0 Å². The van der Waals surface area contributed by atoms with Gasteiger partial charge >= 0.3 is 0 Å². The smallest absolute Gasteiger partial charge is 0.264 e. The number of thiophene rings is 1. The molecule has 0 radical (unpaired) electrons. The molecule has 0 aliphatic carbocycles. The Hall–Kier alpha value is -3.56. The Morgan fingerprint density at radius 2 is 2.11 bits per heavy atom. The van der Waals surface area contributed by atoms with E-state index >= 15 is 0 Å². The maximum Gasteiger partial charge on any atom is 0.264 e. The second-order valence-electron chi connectivity index (χ2n) is 8.46. The standard InChI is InChI=1S/C26H24FN3O4S/c1-29-13-16(6-9-24(29)31)19-7-8-21(33-2)20-12-22(35-25(19)20)26(32)30(11-10-18-15-34-18)14-17-4-3-5-23(27)28-17/h3-9,12-13,18H,10-11,14-15H2,1-2H3. The molecule has 180 valence electrons. The van der Waals surface area contributed by atoms with E-state index in [-0.39, 0.29) is 24.1 Å². The lowest BCUT2D eigenvalue weighted by molar-refractivity contribution is 0.0740. The van der Waals surface area contributed by atoms with Gasteiger partial charge in [-0.1, -0.05) is 6.07 Å². The lowest BCUT2D eigenvalue weighted by Crippen LogP contribution is -2.32. The zero-order valence-electron chi connectivity index (χ0n) is 19.4. The predicted molar refractivity (Wildman–Crippen MR) is 132 cm³/mol. The fourth-order valence-electron chi connectivity index (χ4n) is 4.04. The number of halogens is 1. The van der Waals surface area contributed by atoms with E-state index in [4.69, 9.17) is 9.47 Å². The van der Waals surface area contributed by atoms with Gasteiger partial charge in [-0.15, -0.1) is 11.3 Å². The van der Waals surface area contributed by atoms with E-state index in [0.29, 0.717) is 35.9 Å². The molecule has 1 aromatic carbocycles. The Kier molecular flexibility index (Phi) is 6.36. The summed E-state index contributed by atoms with van der Waals surface area (Å²) in [7, 11) is 3.30. The highest BCUT2D eigenvalue weighted by Gasteiger charge is 2.27. The van der Waals surface area contributed by atoms with Gasteiger partial charge in [-0.25, -0.2) is 4.98 Å². The minimum absolute atomic E-state index is 0.0956. The maximum absolute atomic E-state index is 13.7. The largest absolute Gasteiger partial charge is 0.496 e. The summed E-state index contributed by atoms with van der Waals surface area (Å²) in [5, 5.41) is 0.821. The van der Waals surface area contributed by atoms with Crippen LogP contribution in [0.25, 0.3) is 21.2 Å². The first-order valence-corrected chi connectivity index (χ1v) is 12.0. The Morgan fingerprint density at radius 3 is 2.83 bits per heavy atom. The van der Waals surface area contributed by atoms with Crippen LogP contribution in [-0.4, -0.2) is 46.7 Å². The molecular formula is C26H24FN3O4S. The summed E-state index contributed by atoms with van der Waals surface area (Å²) in [4.78, 5) is 31.7. The van der Waals surface area contributed by atoms with Crippen LogP contribution in [0.2, 0.25) is 0 Å². The van der Waals surface area contributed by atoms with Gasteiger partial charge in [-0.05, 0) is 48.4 Å². The SMILES string of the molecule is COc1ccc(-c2ccc(=O)n(C)c2)c2sc(C(=O)N(CCC3CO3)Cc3cccc(F)n3)cc12.